The van der Waals surface area contributed by atoms with Crippen LogP contribution in [0.25, 0.3) is 0 Å². The molecule has 1 rings (SSSR count). The van der Waals surface area contributed by atoms with Crippen LogP contribution in [0, 0.1) is 5.92 Å². The molecule has 0 radical (unpaired) electrons. The van der Waals surface area contributed by atoms with E-state index in [1.165, 1.54) is 18.4 Å². The molecule has 1 nitrogen and oxygen atoms in total. The van der Waals surface area contributed by atoms with Gasteiger partial charge in [-0.15, -0.1) is 0 Å². The molecule has 80 valence electrons. The Morgan fingerprint density at radius 1 is 1.43 bits per heavy atom. The van der Waals surface area contributed by atoms with E-state index < -0.39 is 0 Å². The number of carbonyl (C=O) groups is 1. The molecule has 0 heterocycles. The second kappa shape index (κ2) is 5.33. The van der Waals surface area contributed by atoms with E-state index in [1.54, 1.807) is 5.57 Å². The lowest BCUT2D eigenvalue weighted by Gasteiger charge is -2.22. The number of Topliss-reactive ketones (excluding diaryl/α,β-unsaturated/α-hetero) is 1. The van der Waals surface area contributed by atoms with E-state index in [9.17, 15) is 4.79 Å². The van der Waals surface area contributed by atoms with Gasteiger partial charge in [-0.05, 0) is 25.7 Å². The number of hydrogen-bond acceptors (Lipinski definition) is 1. The Morgan fingerprint density at radius 3 is 2.64 bits per heavy atom. The molecule has 0 spiro atoms. The van der Waals surface area contributed by atoms with Gasteiger partial charge in [0.1, 0.15) is 5.78 Å². The summed E-state index contributed by atoms with van der Waals surface area (Å²) in [7, 11) is 0. The SMILES string of the molecule is CCC/C(CC)=C1\CCC(C)C(=O)C1. The molecule has 0 saturated heterocycles. The standard InChI is InChI=1S/C13H22O/c1-4-6-11(5-2)12-8-7-10(3)13(14)9-12/h10H,4-9H2,1-3H3/b12-11+. The first-order valence-corrected chi connectivity index (χ1v) is 5.91. The summed E-state index contributed by atoms with van der Waals surface area (Å²) in [5.74, 6) is 0.756. The van der Waals surface area contributed by atoms with Gasteiger partial charge >= 0.3 is 0 Å². The van der Waals surface area contributed by atoms with Crippen molar-refractivity contribution in [3.63, 3.8) is 0 Å². The van der Waals surface area contributed by atoms with Crippen LogP contribution in [-0.4, -0.2) is 5.78 Å². The second-order valence-corrected chi connectivity index (χ2v) is 4.39. The first-order chi connectivity index (χ1) is 6.69. The summed E-state index contributed by atoms with van der Waals surface area (Å²) in [6, 6.07) is 0. The van der Waals surface area contributed by atoms with Gasteiger partial charge in [0.15, 0.2) is 0 Å². The van der Waals surface area contributed by atoms with Gasteiger partial charge < -0.3 is 0 Å². The highest BCUT2D eigenvalue weighted by molar-refractivity contribution is 5.84. The third-order valence-electron chi connectivity index (χ3n) is 3.29. The van der Waals surface area contributed by atoms with Crippen molar-refractivity contribution in [1.82, 2.24) is 0 Å². The molecule has 0 N–H and O–H groups in total. The monoisotopic (exact) mass is 194 g/mol. The summed E-state index contributed by atoms with van der Waals surface area (Å²) in [5, 5.41) is 0. The third-order valence-corrected chi connectivity index (χ3v) is 3.29. The molecule has 1 aliphatic rings. The summed E-state index contributed by atoms with van der Waals surface area (Å²) >= 11 is 0. The lowest BCUT2D eigenvalue weighted by Crippen LogP contribution is -2.18. The minimum Gasteiger partial charge on any atom is -0.299 e. The number of rotatable bonds is 3. The Morgan fingerprint density at radius 2 is 2.14 bits per heavy atom. The van der Waals surface area contributed by atoms with Crippen LogP contribution in [0.5, 0.6) is 0 Å². The van der Waals surface area contributed by atoms with Crippen LogP contribution in [0.4, 0.5) is 0 Å². The van der Waals surface area contributed by atoms with Crippen LogP contribution in [0.15, 0.2) is 11.1 Å². The Balaban J connectivity index is 2.71. The fourth-order valence-electron chi connectivity index (χ4n) is 2.23. The summed E-state index contributed by atoms with van der Waals surface area (Å²) in [6.45, 7) is 6.48. The molecule has 0 aliphatic heterocycles. The lowest BCUT2D eigenvalue weighted by atomic mass is 9.82. The zero-order chi connectivity index (χ0) is 10.6. The van der Waals surface area contributed by atoms with Crippen LogP contribution in [-0.2, 0) is 4.79 Å². The smallest absolute Gasteiger partial charge is 0.139 e. The topological polar surface area (TPSA) is 17.1 Å². The Kier molecular flexibility index (Phi) is 4.37. The Labute approximate surface area is 87.6 Å². The largest absolute Gasteiger partial charge is 0.299 e. The van der Waals surface area contributed by atoms with Gasteiger partial charge in [-0.2, -0.15) is 0 Å². The van der Waals surface area contributed by atoms with Crippen molar-refractivity contribution in [2.24, 2.45) is 5.92 Å². The molecule has 0 bridgehead atoms. The average molecular weight is 194 g/mol. The second-order valence-electron chi connectivity index (χ2n) is 4.39. The van der Waals surface area contributed by atoms with Crippen LogP contribution in [0.2, 0.25) is 0 Å². The highest BCUT2D eigenvalue weighted by Gasteiger charge is 2.22. The fraction of sp³-hybridized carbons (Fsp3) is 0.769. The molecule has 0 aromatic rings. The summed E-state index contributed by atoms with van der Waals surface area (Å²) in [6.07, 6.45) is 6.50. The van der Waals surface area contributed by atoms with E-state index in [-0.39, 0.29) is 0 Å². The molecule has 1 unspecified atom stereocenters. The predicted molar refractivity (Wildman–Crippen MR) is 60.2 cm³/mol. The molecule has 0 aromatic carbocycles. The van der Waals surface area contributed by atoms with Gasteiger partial charge in [0.05, 0.1) is 0 Å². The zero-order valence-corrected chi connectivity index (χ0v) is 9.73. The number of hydrogen-bond donors (Lipinski definition) is 0. The Bertz CT molecular complexity index is 238. The molecule has 0 amide bonds. The van der Waals surface area contributed by atoms with E-state index >= 15 is 0 Å². The quantitative estimate of drug-likeness (QED) is 0.623. The van der Waals surface area contributed by atoms with Crippen molar-refractivity contribution in [3.05, 3.63) is 11.1 Å². The molecular weight excluding hydrogens is 172 g/mol. The highest BCUT2D eigenvalue weighted by atomic mass is 16.1. The van der Waals surface area contributed by atoms with Gasteiger partial charge in [-0.25, -0.2) is 0 Å². The average Bonchev–Trinajstić information content (AvgIpc) is 2.19. The fourth-order valence-corrected chi connectivity index (χ4v) is 2.23. The lowest BCUT2D eigenvalue weighted by molar-refractivity contribution is -0.122. The molecule has 1 aliphatic carbocycles. The van der Waals surface area contributed by atoms with Crippen molar-refractivity contribution in [1.29, 1.82) is 0 Å². The van der Waals surface area contributed by atoms with Crippen LogP contribution < -0.4 is 0 Å². The molecule has 1 saturated carbocycles. The zero-order valence-electron chi connectivity index (χ0n) is 9.73. The third kappa shape index (κ3) is 2.70. The molecular formula is C13H22O. The summed E-state index contributed by atoms with van der Waals surface area (Å²) in [5.41, 5.74) is 3.00. The number of allylic oxidation sites excluding steroid dienone is 2. The van der Waals surface area contributed by atoms with Gasteiger partial charge in [-0.3, -0.25) is 4.79 Å². The highest BCUT2D eigenvalue weighted by Crippen LogP contribution is 2.30. The van der Waals surface area contributed by atoms with Crippen LogP contribution in [0.1, 0.15) is 59.3 Å². The van der Waals surface area contributed by atoms with Gasteiger partial charge in [-0.1, -0.05) is 38.3 Å². The van der Waals surface area contributed by atoms with E-state index in [4.69, 9.17) is 0 Å². The van der Waals surface area contributed by atoms with Crippen LogP contribution in [0.3, 0.4) is 0 Å². The van der Waals surface area contributed by atoms with E-state index in [0.717, 1.165) is 25.7 Å². The first kappa shape index (κ1) is 11.5. The maximum absolute atomic E-state index is 11.6. The van der Waals surface area contributed by atoms with Crippen molar-refractivity contribution in [3.8, 4) is 0 Å². The molecule has 0 aromatic heterocycles. The summed E-state index contributed by atoms with van der Waals surface area (Å²) < 4.78 is 0. The maximum atomic E-state index is 11.6. The Hall–Kier alpha value is -0.590. The van der Waals surface area contributed by atoms with E-state index in [0.29, 0.717) is 11.7 Å². The minimum absolute atomic E-state index is 0.304. The molecule has 1 fully saturated rings. The maximum Gasteiger partial charge on any atom is 0.139 e. The first-order valence-electron chi connectivity index (χ1n) is 5.91. The number of carbonyl (C=O) groups excluding carboxylic acids is 1. The number of ketones is 1. The normalized spacial score (nSPS) is 26.5. The van der Waals surface area contributed by atoms with Gasteiger partial charge in [0.25, 0.3) is 0 Å². The van der Waals surface area contributed by atoms with Crippen molar-refractivity contribution >= 4 is 5.78 Å². The molecule has 1 atom stereocenters. The van der Waals surface area contributed by atoms with Crippen LogP contribution >= 0.6 is 0 Å². The predicted octanol–water partition coefficient (Wildman–Crippen LogP) is 3.88. The van der Waals surface area contributed by atoms with Crippen molar-refractivity contribution in [2.75, 3.05) is 0 Å². The van der Waals surface area contributed by atoms with Crippen molar-refractivity contribution in [2.45, 2.75) is 59.3 Å². The van der Waals surface area contributed by atoms with Gasteiger partial charge in [0.2, 0.25) is 0 Å². The molecule has 14 heavy (non-hydrogen) atoms. The minimum atomic E-state index is 0.304. The molecule has 1 heteroatoms. The van der Waals surface area contributed by atoms with Crippen molar-refractivity contribution < 1.29 is 4.79 Å². The van der Waals surface area contributed by atoms with E-state index in [2.05, 4.69) is 20.8 Å². The van der Waals surface area contributed by atoms with Gasteiger partial charge in [0, 0.05) is 12.3 Å². The summed E-state index contributed by atoms with van der Waals surface area (Å²) in [4.78, 5) is 11.6. The van der Waals surface area contributed by atoms with E-state index in [1.807, 2.05) is 0 Å².